The summed E-state index contributed by atoms with van der Waals surface area (Å²) in [4.78, 5) is 13.2. The zero-order valence-electron chi connectivity index (χ0n) is 7.48. The second kappa shape index (κ2) is 3.96. The van der Waals surface area contributed by atoms with Gasteiger partial charge in [0.25, 0.3) is 5.91 Å². The van der Waals surface area contributed by atoms with Crippen molar-refractivity contribution in [2.24, 2.45) is 0 Å². The molecule has 0 radical (unpaired) electrons. The Morgan fingerprint density at radius 1 is 1.67 bits per heavy atom. The number of nitrogens with zero attached hydrogens (tertiary/aromatic N) is 1. The highest BCUT2D eigenvalue weighted by molar-refractivity contribution is 8.03. The average molecular weight is 187 g/mol. The lowest BCUT2D eigenvalue weighted by atomic mass is 10.3. The molecule has 1 atom stereocenters. The number of carbonyl (C=O) groups is 1. The first kappa shape index (κ1) is 9.61. The Kier molecular flexibility index (Phi) is 3.17. The minimum atomic E-state index is -0.364. The van der Waals surface area contributed by atoms with Crippen LogP contribution in [0.25, 0.3) is 0 Å². The summed E-state index contributed by atoms with van der Waals surface area (Å²) < 4.78 is 5.00. The van der Waals surface area contributed by atoms with E-state index in [0.29, 0.717) is 0 Å². The number of thioether (sulfide) groups is 1. The third kappa shape index (κ3) is 1.81. The number of amides is 1. The summed E-state index contributed by atoms with van der Waals surface area (Å²) in [7, 11) is 1.55. The predicted octanol–water partition coefficient (Wildman–Crippen LogP) is 1.41. The Balaban J connectivity index is 2.71. The Hall–Kier alpha value is -0.480. The SMILES string of the molecule is COC1SC=CN(C(C)C)C1=O. The van der Waals surface area contributed by atoms with Gasteiger partial charge in [0.2, 0.25) is 0 Å². The topological polar surface area (TPSA) is 29.5 Å². The number of hydrogen-bond acceptors (Lipinski definition) is 3. The minimum Gasteiger partial charge on any atom is -0.360 e. The summed E-state index contributed by atoms with van der Waals surface area (Å²) in [5, 5.41) is 1.88. The van der Waals surface area contributed by atoms with E-state index < -0.39 is 0 Å². The molecule has 0 aromatic heterocycles. The molecule has 0 aromatic carbocycles. The molecule has 68 valence electrons. The first-order valence-electron chi connectivity index (χ1n) is 3.84. The van der Waals surface area contributed by atoms with Crippen LogP contribution in [0.5, 0.6) is 0 Å². The molecule has 1 aliphatic rings. The lowest BCUT2D eigenvalue weighted by Gasteiger charge is -2.29. The second-order valence-electron chi connectivity index (χ2n) is 2.83. The van der Waals surface area contributed by atoms with Crippen molar-refractivity contribution in [1.82, 2.24) is 4.90 Å². The van der Waals surface area contributed by atoms with Gasteiger partial charge < -0.3 is 9.64 Å². The summed E-state index contributed by atoms with van der Waals surface area (Å²) in [5.41, 5.74) is -0.364. The van der Waals surface area contributed by atoms with Crippen LogP contribution in [0.4, 0.5) is 0 Å². The van der Waals surface area contributed by atoms with Crippen LogP contribution in [-0.4, -0.2) is 29.4 Å². The van der Waals surface area contributed by atoms with Crippen molar-refractivity contribution in [2.75, 3.05) is 7.11 Å². The Morgan fingerprint density at radius 3 is 2.83 bits per heavy atom. The normalized spacial score (nSPS) is 23.8. The van der Waals surface area contributed by atoms with E-state index in [9.17, 15) is 4.79 Å². The van der Waals surface area contributed by atoms with Gasteiger partial charge in [-0.25, -0.2) is 0 Å². The third-order valence-electron chi connectivity index (χ3n) is 1.65. The van der Waals surface area contributed by atoms with Gasteiger partial charge in [-0.05, 0) is 19.3 Å². The average Bonchev–Trinajstić information content (AvgIpc) is 2.04. The van der Waals surface area contributed by atoms with Crippen molar-refractivity contribution in [3.63, 3.8) is 0 Å². The van der Waals surface area contributed by atoms with Crippen molar-refractivity contribution in [3.05, 3.63) is 11.6 Å². The molecular formula is C8H13NO2S. The van der Waals surface area contributed by atoms with Gasteiger partial charge >= 0.3 is 0 Å². The van der Waals surface area contributed by atoms with Gasteiger partial charge in [0.15, 0.2) is 5.44 Å². The van der Waals surface area contributed by atoms with Crippen molar-refractivity contribution >= 4 is 17.7 Å². The standard InChI is InChI=1S/C8H13NO2S/c1-6(2)9-4-5-12-8(11-3)7(9)10/h4-6,8H,1-3H3. The molecule has 0 fully saturated rings. The fourth-order valence-electron chi connectivity index (χ4n) is 1.01. The van der Waals surface area contributed by atoms with Crippen LogP contribution in [0.1, 0.15) is 13.8 Å². The third-order valence-corrected chi connectivity index (χ3v) is 2.57. The van der Waals surface area contributed by atoms with E-state index in [-0.39, 0.29) is 17.4 Å². The molecule has 12 heavy (non-hydrogen) atoms. The van der Waals surface area contributed by atoms with Gasteiger partial charge in [-0.3, -0.25) is 4.79 Å². The summed E-state index contributed by atoms with van der Waals surface area (Å²) in [6, 6.07) is 0.201. The number of hydrogen-bond donors (Lipinski definition) is 0. The van der Waals surface area contributed by atoms with E-state index >= 15 is 0 Å². The number of carbonyl (C=O) groups excluding carboxylic acids is 1. The maximum atomic E-state index is 11.5. The summed E-state index contributed by atoms with van der Waals surface area (Å²) >= 11 is 1.40. The minimum absolute atomic E-state index is 0.0278. The van der Waals surface area contributed by atoms with Gasteiger partial charge in [0.05, 0.1) is 0 Å². The highest BCUT2D eigenvalue weighted by Gasteiger charge is 2.27. The van der Waals surface area contributed by atoms with Gasteiger partial charge in [0.1, 0.15) is 0 Å². The maximum absolute atomic E-state index is 11.5. The highest BCUT2D eigenvalue weighted by Crippen LogP contribution is 2.22. The van der Waals surface area contributed by atoms with Gasteiger partial charge in [0, 0.05) is 19.4 Å². The van der Waals surface area contributed by atoms with Crippen LogP contribution in [-0.2, 0) is 9.53 Å². The molecule has 1 aliphatic heterocycles. The quantitative estimate of drug-likeness (QED) is 0.654. The Labute approximate surface area is 76.8 Å². The summed E-state index contributed by atoms with van der Waals surface area (Å²) in [6.07, 6.45) is 1.80. The Bertz CT molecular complexity index is 203. The van der Waals surface area contributed by atoms with Gasteiger partial charge in [-0.15, -0.1) is 0 Å². The molecule has 1 amide bonds. The first-order chi connectivity index (χ1) is 5.66. The zero-order chi connectivity index (χ0) is 9.14. The van der Waals surface area contributed by atoms with Crippen LogP contribution in [0, 0.1) is 0 Å². The van der Waals surface area contributed by atoms with E-state index in [1.807, 2.05) is 19.3 Å². The van der Waals surface area contributed by atoms with Crippen LogP contribution >= 0.6 is 11.8 Å². The highest BCUT2D eigenvalue weighted by atomic mass is 32.2. The molecule has 0 saturated carbocycles. The summed E-state index contributed by atoms with van der Waals surface area (Å²) in [5.74, 6) is 0.0278. The molecule has 0 N–H and O–H groups in total. The molecule has 1 rings (SSSR count). The predicted molar refractivity (Wildman–Crippen MR) is 49.5 cm³/mol. The van der Waals surface area contributed by atoms with Crippen LogP contribution < -0.4 is 0 Å². The molecular weight excluding hydrogens is 174 g/mol. The first-order valence-corrected chi connectivity index (χ1v) is 4.78. The molecule has 1 heterocycles. The molecule has 3 nitrogen and oxygen atoms in total. The molecule has 0 spiro atoms. The molecule has 0 aromatic rings. The lowest BCUT2D eigenvalue weighted by molar-refractivity contribution is -0.135. The Morgan fingerprint density at radius 2 is 2.33 bits per heavy atom. The summed E-state index contributed by atoms with van der Waals surface area (Å²) in [6.45, 7) is 3.95. The zero-order valence-corrected chi connectivity index (χ0v) is 8.30. The van der Waals surface area contributed by atoms with Gasteiger partial charge in [-0.1, -0.05) is 11.8 Å². The van der Waals surface area contributed by atoms with E-state index in [1.165, 1.54) is 11.8 Å². The maximum Gasteiger partial charge on any atom is 0.266 e. The van der Waals surface area contributed by atoms with Crippen LogP contribution in [0.15, 0.2) is 11.6 Å². The van der Waals surface area contributed by atoms with Gasteiger partial charge in [-0.2, -0.15) is 0 Å². The van der Waals surface area contributed by atoms with Crippen molar-refractivity contribution < 1.29 is 9.53 Å². The van der Waals surface area contributed by atoms with Crippen molar-refractivity contribution in [1.29, 1.82) is 0 Å². The fourth-order valence-corrected chi connectivity index (χ4v) is 1.70. The number of ether oxygens (including phenoxy) is 1. The van der Waals surface area contributed by atoms with Crippen LogP contribution in [0.2, 0.25) is 0 Å². The molecule has 0 bridgehead atoms. The van der Waals surface area contributed by atoms with Crippen molar-refractivity contribution in [3.8, 4) is 0 Å². The van der Waals surface area contributed by atoms with Crippen molar-refractivity contribution in [2.45, 2.75) is 25.3 Å². The van der Waals surface area contributed by atoms with E-state index in [1.54, 1.807) is 18.2 Å². The van der Waals surface area contributed by atoms with E-state index in [0.717, 1.165) is 0 Å². The molecule has 4 heteroatoms. The smallest absolute Gasteiger partial charge is 0.266 e. The largest absolute Gasteiger partial charge is 0.360 e. The fraction of sp³-hybridized carbons (Fsp3) is 0.625. The molecule has 0 saturated heterocycles. The molecule has 0 aliphatic carbocycles. The van der Waals surface area contributed by atoms with Crippen LogP contribution in [0.3, 0.4) is 0 Å². The monoisotopic (exact) mass is 187 g/mol. The number of rotatable bonds is 2. The van der Waals surface area contributed by atoms with E-state index in [2.05, 4.69) is 0 Å². The lowest BCUT2D eigenvalue weighted by Crippen LogP contribution is -2.40. The van der Waals surface area contributed by atoms with E-state index in [4.69, 9.17) is 4.74 Å². The molecule has 1 unspecified atom stereocenters. The second-order valence-corrected chi connectivity index (χ2v) is 3.80. The number of methoxy groups -OCH3 is 1.